The number of rotatable bonds is 6. The summed E-state index contributed by atoms with van der Waals surface area (Å²) in [6.45, 7) is 12.1. The maximum absolute atomic E-state index is 3.75. The second kappa shape index (κ2) is 7.64. The van der Waals surface area contributed by atoms with E-state index in [1.807, 2.05) is 0 Å². The Balaban J connectivity index is 1.80. The van der Waals surface area contributed by atoms with Crippen molar-refractivity contribution in [2.75, 3.05) is 26.2 Å². The Kier molecular flexibility index (Phi) is 6.15. The van der Waals surface area contributed by atoms with Crippen LogP contribution in [-0.4, -0.2) is 37.1 Å². The van der Waals surface area contributed by atoms with E-state index in [1.54, 1.807) is 0 Å². The minimum atomic E-state index is 0.681. The molecule has 2 heteroatoms. The van der Waals surface area contributed by atoms with Crippen LogP contribution in [0.25, 0.3) is 0 Å². The molecule has 0 bridgehead atoms. The summed E-state index contributed by atoms with van der Waals surface area (Å²) in [5.41, 5.74) is 0. The Morgan fingerprint density at radius 1 is 1.11 bits per heavy atom. The molecule has 3 atom stereocenters. The molecule has 112 valence electrons. The van der Waals surface area contributed by atoms with Crippen LogP contribution in [0, 0.1) is 17.8 Å². The fourth-order valence-electron chi connectivity index (χ4n) is 3.96. The van der Waals surface area contributed by atoms with Crippen molar-refractivity contribution in [2.45, 2.75) is 65.3 Å². The molecule has 0 radical (unpaired) electrons. The average Bonchev–Trinajstić information content (AvgIpc) is 2.43. The SMILES string of the molecule is CCCNC(CN1CCC2CCCCC2C1)C(C)C. The number of fused-ring (bicyclic) bond motifs is 1. The number of hydrogen-bond donors (Lipinski definition) is 1. The Bertz CT molecular complexity index is 252. The lowest BCUT2D eigenvalue weighted by Gasteiger charge is -2.43. The summed E-state index contributed by atoms with van der Waals surface area (Å²) in [6.07, 6.45) is 8.69. The molecule has 2 aliphatic rings. The second-order valence-corrected chi connectivity index (χ2v) is 7.16. The maximum Gasteiger partial charge on any atom is 0.0217 e. The highest BCUT2D eigenvalue weighted by molar-refractivity contribution is 4.85. The van der Waals surface area contributed by atoms with Gasteiger partial charge in [0.25, 0.3) is 0 Å². The lowest BCUT2D eigenvalue weighted by atomic mass is 9.75. The Morgan fingerprint density at radius 3 is 2.53 bits per heavy atom. The fourth-order valence-corrected chi connectivity index (χ4v) is 3.96. The molecule has 1 saturated heterocycles. The normalized spacial score (nSPS) is 30.3. The van der Waals surface area contributed by atoms with Crippen LogP contribution < -0.4 is 5.32 Å². The monoisotopic (exact) mass is 266 g/mol. The average molecular weight is 266 g/mol. The fraction of sp³-hybridized carbons (Fsp3) is 1.00. The van der Waals surface area contributed by atoms with Crippen molar-refractivity contribution in [1.29, 1.82) is 0 Å². The standard InChI is InChI=1S/C17H34N2/c1-4-10-18-17(14(2)3)13-19-11-9-15-7-5-6-8-16(15)12-19/h14-18H,4-13H2,1-3H3. The largest absolute Gasteiger partial charge is 0.312 e. The highest BCUT2D eigenvalue weighted by Crippen LogP contribution is 2.36. The first-order valence-corrected chi connectivity index (χ1v) is 8.66. The van der Waals surface area contributed by atoms with Crippen LogP contribution in [0.5, 0.6) is 0 Å². The van der Waals surface area contributed by atoms with Gasteiger partial charge < -0.3 is 10.2 Å². The zero-order chi connectivity index (χ0) is 13.7. The molecular weight excluding hydrogens is 232 g/mol. The van der Waals surface area contributed by atoms with E-state index in [-0.39, 0.29) is 0 Å². The van der Waals surface area contributed by atoms with E-state index in [9.17, 15) is 0 Å². The van der Waals surface area contributed by atoms with E-state index in [4.69, 9.17) is 0 Å². The van der Waals surface area contributed by atoms with E-state index >= 15 is 0 Å². The van der Waals surface area contributed by atoms with Gasteiger partial charge in [-0.3, -0.25) is 0 Å². The topological polar surface area (TPSA) is 15.3 Å². The van der Waals surface area contributed by atoms with Crippen LogP contribution in [0.15, 0.2) is 0 Å². The van der Waals surface area contributed by atoms with Gasteiger partial charge in [-0.15, -0.1) is 0 Å². The predicted molar refractivity (Wildman–Crippen MR) is 83.4 cm³/mol. The van der Waals surface area contributed by atoms with E-state index in [0.717, 1.165) is 17.8 Å². The third-order valence-corrected chi connectivity index (χ3v) is 5.29. The van der Waals surface area contributed by atoms with Gasteiger partial charge in [-0.25, -0.2) is 0 Å². The quantitative estimate of drug-likeness (QED) is 0.791. The van der Waals surface area contributed by atoms with Crippen LogP contribution in [0.1, 0.15) is 59.3 Å². The molecule has 1 aliphatic carbocycles. The number of piperidine rings is 1. The van der Waals surface area contributed by atoms with Gasteiger partial charge in [-0.1, -0.05) is 40.0 Å². The number of likely N-dealkylation sites (tertiary alicyclic amines) is 1. The van der Waals surface area contributed by atoms with Gasteiger partial charge in [-0.2, -0.15) is 0 Å². The molecule has 2 rings (SSSR count). The molecule has 1 N–H and O–H groups in total. The zero-order valence-electron chi connectivity index (χ0n) is 13.3. The van der Waals surface area contributed by atoms with E-state index in [1.165, 1.54) is 64.7 Å². The molecule has 0 spiro atoms. The molecule has 0 amide bonds. The third kappa shape index (κ3) is 4.46. The van der Waals surface area contributed by atoms with Gasteiger partial charge in [-0.05, 0) is 50.1 Å². The van der Waals surface area contributed by atoms with Crippen molar-refractivity contribution in [3.05, 3.63) is 0 Å². The van der Waals surface area contributed by atoms with Crippen molar-refractivity contribution < 1.29 is 0 Å². The number of nitrogens with one attached hydrogen (secondary N) is 1. The molecule has 1 saturated carbocycles. The highest BCUT2D eigenvalue weighted by atomic mass is 15.2. The van der Waals surface area contributed by atoms with Crippen LogP contribution in [0.2, 0.25) is 0 Å². The molecule has 3 unspecified atom stereocenters. The van der Waals surface area contributed by atoms with Crippen LogP contribution >= 0.6 is 0 Å². The lowest BCUT2D eigenvalue weighted by molar-refractivity contribution is 0.0754. The van der Waals surface area contributed by atoms with E-state index in [0.29, 0.717) is 6.04 Å². The second-order valence-electron chi connectivity index (χ2n) is 7.16. The van der Waals surface area contributed by atoms with Crippen molar-refractivity contribution in [3.63, 3.8) is 0 Å². The molecule has 1 heterocycles. The Hall–Kier alpha value is -0.0800. The van der Waals surface area contributed by atoms with Gasteiger partial charge >= 0.3 is 0 Å². The first-order valence-electron chi connectivity index (χ1n) is 8.66. The summed E-state index contributed by atoms with van der Waals surface area (Å²) in [6, 6.07) is 0.681. The molecule has 19 heavy (non-hydrogen) atoms. The lowest BCUT2D eigenvalue weighted by Crippen LogP contribution is -2.49. The van der Waals surface area contributed by atoms with Gasteiger partial charge in [0.1, 0.15) is 0 Å². The van der Waals surface area contributed by atoms with Crippen LogP contribution in [0.3, 0.4) is 0 Å². The highest BCUT2D eigenvalue weighted by Gasteiger charge is 2.31. The Morgan fingerprint density at radius 2 is 1.84 bits per heavy atom. The molecule has 0 aromatic rings. The van der Waals surface area contributed by atoms with E-state index in [2.05, 4.69) is 31.0 Å². The third-order valence-electron chi connectivity index (χ3n) is 5.29. The van der Waals surface area contributed by atoms with E-state index < -0.39 is 0 Å². The molecular formula is C17H34N2. The minimum absolute atomic E-state index is 0.681. The maximum atomic E-state index is 3.75. The van der Waals surface area contributed by atoms with Gasteiger partial charge in [0.05, 0.1) is 0 Å². The number of nitrogens with zero attached hydrogens (tertiary/aromatic N) is 1. The van der Waals surface area contributed by atoms with Crippen LogP contribution in [0.4, 0.5) is 0 Å². The molecule has 1 aliphatic heterocycles. The summed E-state index contributed by atoms with van der Waals surface area (Å²) in [5.74, 6) is 2.82. The summed E-state index contributed by atoms with van der Waals surface area (Å²) < 4.78 is 0. The first kappa shape index (κ1) is 15.3. The molecule has 0 aromatic carbocycles. The summed E-state index contributed by atoms with van der Waals surface area (Å²) >= 11 is 0. The van der Waals surface area contributed by atoms with Gasteiger partial charge in [0.2, 0.25) is 0 Å². The van der Waals surface area contributed by atoms with Gasteiger partial charge in [0, 0.05) is 19.1 Å². The first-order chi connectivity index (χ1) is 9.20. The van der Waals surface area contributed by atoms with Crippen molar-refractivity contribution in [1.82, 2.24) is 10.2 Å². The summed E-state index contributed by atoms with van der Waals surface area (Å²) in [4.78, 5) is 2.75. The van der Waals surface area contributed by atoms with Crippen LogP contribution in [-0.2, 0) is 0 Å². The summed E-state index contributed by atoms with van der Waals surface area (Å²) in [7, 11) is 0. The minimum Gasteiger partial charge on any atom is -0.312 e. The zero-order valence-corrected chi connectivity index (χ0v) is 13.3. The van der Waals surface area contributed by atoms with Crippen molar-refractivity contribution >= 4 is 0 Å². The van der Waals surface area contributed by atoms with Crippen molar-refractivity contribution in [2.24, 2.45) is 17.8 Å². The smallest absolute Gasteiger partial charge is 0.0217 e. The van der Waals surface area contributed by atoms with Gasteiger partial charge in [0.15, 0.2) is 0 Å². The van der Waals surface area contributed by atoms with Crippen molar-refractivity contribution in [3.8, 4) is 0 Å². The number of hydrogen-bond acceptors (Lipinski definition) is 2. The molecule has 0 aromatic heterocycles. The summed E-state index contributed by atoms with van der Waals surface area (Å²) in [5, 5.41) is 3.75. The molecule has 2 nitrogen and oxygen atoms in total. The predicted octanol–water partition coefficient (Wildman–Crippen LogP) is 3.52. The molecule has 2 fully saturated rings. The Labute approximate surface area is 120 Å².